The molecular weight excluding hydrogens is 281 g/mol. The SMILES string of the molecule is CNc1cc(C)ncc1C(=O)Nc1cc(F)ccc1Cl. The van der Waals surface area contributed by atoms with E-state index in [1.165, 1.54) is 24.4 Å². The summed E-state index contributed by atoms with van der Waals surface area (Å²) in [5.74, 6) is -0.880. The van der Waals surface area contributed by atoms with E-state index in [1.807, 2.05) is 6.92 Å². The summed E-state index contributed by atoms with van der Waals surface area (Å²) in [7, 11) is 1.71. The van der Waals surface area contributed by atoms with E-state index < -0.39 is 11.7 Å². The highest BCUT2D eigenvalue weighted by Gasteiger charge is 2.13. The van der Waals surface area contributed by atoms with E-state index in [9.17, 15) is 9.18 Å². The van der Waals surface area contributed by atoms with Gasteiger partial charge in [0.05, 0.1) is 22.0 Å². The molecule has 1 aromatic heterocycles. The van der Waals surface area contributed by atoms with Gasteiger partial charge in [-0.2, -0.15) is 0 Å². The molecule has 4 nitrogen and oxygen atoms in total. The van der Waals surface area contributed by atoms with Gasteiger partial charge in [-0.15, -0.1) is 0 Å². The molecule has 0 saturated carbocycles. The molecule has 104 valence electrons. The number of amides is 1. The second kappa shape index (κ2) is 5.88. The molecule has 1 amide bonds. The number of nitrogens with zero attached hydrogens (tertiary/aromatic N) is 1. The lowest BCUT2D eigenvalue weighted by atomic mass is 10.2. The Morgan fingerprint density at radius 2 is 2.05 bits per heavy atom. The van der Waals surface area contributed by atoms with Crippen molar-refractivity contribution in [3.05, 3.63) is 52.6 Å². The predicted molar refractivity (Wildman–Crippen MR) is 77.9 cm³/mol. The van der Waals surface area contributed by atoms with Crippen molar-refractivity contribution in [3.63, 3.8) is 0 Å². The number of aryl methyl sites for hydroxylation is 1. The number of aromatic nitrogens is 1. The molecule has 2 aromatic rings. The highest BCUT2D eigenvalue weighted by molar-refractivity contribution is 6.34. The average Bonchev–Trinajstić information content (AvgIpc) is 2.42. The van der Waals surface area contributed by atoms with Gasteiger partial charge in [-0.25, -0.2) is 4.39 Å². The quantitative estimate of drug-likeness (QED) is 0.911. The standard InChI is InChI=1S/C14H13ClFN3O/c1-8-5-12(17-2)10(7-18-8)14(20)19-13-6-9(16)3-4-11(13)15/h3-7H,1-2H3,(H,17,18)(H,19,20). The maximum Gasteiger partial charge on any atom is 0.259 e. The van der Waals surface area contributed by atoms with Gasteiger partial charge < -0.3 is 10.6 Å². The van der Waals surface area contributed by atoms with Gasteiger partial charge in [0, 0.05) is 18.9 Å². The topological polar surface area (TPSA) is 54.0 Å². The zero-order valence-corrected chi connectivity index (χ0v) is 11.8. The van der Waals surface area contributed by atoms with Crippen LogP contribution in [0.1, 0.15) is 16.1 Å². The van der Waals surface area contributed by atoms with Gasteiger partial charge in [0.2, 0.25) is 0 Å². The van der Waals surface area contributed by atoms with Crippen molar-refractivity contribution < 1.29 is 9.18 Å². The lowest BCUT2D eigenvalue weighted by Crippen LogP contribution is -2.15. The maximum atomic E-state index is 13.2. The Kier molecular flexibility index (Phi) is 4.20. The van der Waals surface area contributed by atoms with Gasteiger partial charge in [-0.3, -0.25) is 9.78 Å². The third-order valence-electron chi connectivity index (χ3n) is 2.73. The number of hydrogen-bond acceptors (Lipinski definition) is 3. The Bertz CT molecular complexity index is 661. The summed E-state index contributed by atoms with van der Waals surface area (Å²) >= 11 is 5.91. The smallest absolute Gasteiger partial charge is 0.259 e. The fourth-order valence-corrected chi connectivity index (χ4v) is 1.90. The second-order valence-electron chi connectivity index (χ2n) is 4.20. The van der Waals surface area contributed by atoms with Crippen LogP contribution in [0.4, 0.5) is 15.8 Å². The minimum absolute atomic E-state index is 0.222. The number of anilines is 2. The molecule has 1 heterocycles. The first-order valence-electron chi connectivity index (χ1n) is 5.92. The summed E-state index contributed by atoms with van der Waals surface area (Å²) in [4.78, 5) is 16.3. The second-order valence-corrected chi connectivity index (χ2v) is 4.61. The van der Waals surface area contributed by atoms with Crippen LogP contribution in [0.5, 0.6) is 0 Å². The van der Waals surface area contributed by atoms with E-state index in [2.05, 4.69) is 15.6 Å². The molecule has 2 rings (SSSR count). The van der Waals surface area contributed by atoms with E-state index in [1.54, 1.807) is 13.1 Å². The Hall–Kier alpha value is -2.14. The van der Waals surface area contributed by atoms with Crippen molar-refractivity contribution in [3.8, 4) is 0 Å². The summed E-state index contributed by atoms with van der Waals surface area (Å²) in [5.41, 5.74) is 2.01. The molecule has 20 heavy (non-hydrogen) atoms. The van der Waals surface area contributed by atoms with Crippen molar-refractivity contribution >= 4 is 28.9 Å². The van der Waals surface area contributed by atoms with E-state index in [4.69, 9.17) is 11.6 Å². The zero-order chi connectivity index (χ0) is 14.7. The first kappa shape index (κ1) is 14.3. The Morgan fingerprint density at radius 3 is 2.75 bits per heavy atom. The van der Waals surface area contributed by atoms with Crippen LogP contribution >= 0.6 is 11.6 Å². The third-order valence-corrected chi connectivity index (χ3v) is 3.06. The summed E-state index contributed by atoms with van der Waals surface area (Å²) in [6, 6.07) is 5.53. The van der Waals surface area contributed by atoms with E-state index in [0.717, 1.165) is 5.69 Å². The molecular formula is C14H13ClFN3O. The fraction of sp³-hybridized carbons (Fsp3) is 0.143. The van der Waals surface area contributed by atoms with Gasteiger partial charge in [0.15, 0.2) is 0 Å². The fourth-order valence-electron chi connectivity index (χ4n) is 1.73. The number of carbonyl (C=O) groups excluding carboxylic acids is 1. The van der Waals surface area contributed by atoms with Crippen LogP contribution in [0.15, 0.2) is 30.5 Å². The van der Waals surface area contributed by atoms with Gasteiger partial charge in [-0.05, 0) is 31.2 Å². The van der Waals surface area contributed by atoms with Crippen LogP contribution in [0.25, 0.3) is 0 Å². The van der Waals surface area contributed by atoms with Gasteiger partial charge in [-0.1, -0.05) is 11.6 Å². The highest BCUT2D eigenvalue weighted by atomic mass is 35.5. The highest BCUT2D eigenvalue weighted by Crippen LogP contribution is 2.24. The summed E-state index contributed by atoms with van der Waals surface area (Å²) in [6.07, 6.45) is 1.46. The molecule has 0 bridgehead atoms. The Morgan fingerprint density at radius 1 is 1.30 bits per heavy atom. The largest absolute Gasteiger partial charge is 0.387 e. The molecule has 0 unspecified atom stereocenters. The minimum Gasteiger partial charge on any atom is -0.387 e. The first-order chi connectivity index (χ1) is 9.51. The lowest BCUT2D eigenvalue weighted by Gasteiger charge is -2.11. The molecule has 2 N–H and O–H groups in total. The molecule has 6 heteroatoms. The molecule has 0 spiro atoms. The Balaban J connectivity index is 2.30. The molecule has 0 radical (unpaired) electrons. The van der Waals surface area contributed by atoms with Crippen LogP contribution in [0, 0.1) is 12.7 Å². The van der Waals surface area contributed by atoms with Crippen LogP contribution in [0.3, 0.4) is 0 Å². The summed E-state index contributed by atoms with van der Waals surface area (Å²) in [6.45, 7) is 1.83. The zero-order valence-electron chi connectivity index (χ0n) is 11.0. The molecule has 0 aliphatic carbocycles. The Labute approximate surface area is 121 Å². The van der Waals surface area contributed by atoms with E-state index in [0.29, 0.717) is 11.3 Å². The number of rotatable bonds is 3. The number of benzene rings is 1. The van der Waals surface area contributed by atoms with Gasteiger partial charge >= 0.3 is 0 Å². The number of halogens is 2. The van der Waals surface area contributed by atoms with Crippen molar-refractivity contribution in [2.45, 2.75) is 6.92 Å². The van der Waals surface area contributed by atoms with Crippen LogP contribution in [-0.2, 0) is 0 Å². The number of pyridine rings is 1. The molecule has 1 aromatic carbocycles. The average molecular weight is 294 g/mol. The molecule has 0 aliphatic rings. The van der Waals surface area contributed by atoms with Crippen molar-refractivity contribution in [1.82, 2.24) is 4.98 Å². The molecule has 0 saturated heterocycles. The van der Waals surface area contributed by atoms with Crippen LogP contribution in [-0.4, -0.2) is 17.9 Å². The normalized spacial score (nSPS) is 10.2. The van der Waals surface area contributed by atoms with Crippen LogP contribution in [0.2, 0.25) is 5.02 Å². The van der Waals surface area contributed by atoms with Crippen LogP contribution < -0.4 is 10.6 Å². The van der Waals surface area contributed by atoms with E-state index >= 15 is 0 Å². The molecule has 0 fully saturated rings. The van der Waals surface area contributed by atoms with Gasteiger partial charge in [0.1, 0.15) is 5.82 Å². The van der Waals surface area contributed by atoms with Crippen molar-refractivity contribution in [2.75, 3.05) is 17.7 Å². The molecule has 0 aliphatic heterocycles. The molecule has 0 atom stereocenters. The number of nitrogens with one attached hydrogen (secondary N) is 2. The summed E-state index contributed by atoms with van der Waals surface area (Å²) in [5, 5.41) is 5.76. The number of hydrogen-bond donors (Lipinski definition) is 2. The summed E-state index contributed by atoms with van der Waals surface area (Å²) < 4.78 is 13.2. The monoisotopic (exact) mass is 293 g/mol. The van der Waals surface area contributed by atoms with Crippen molar-refractivity contribution in [2.24, 2.45) is 0 Å². The minimum atomic E-state index is -0.472. The first-order valence-corrected chi connectivity index (χ1v) is 6.30. The van der Waals surface area contributed by atoms with Gasteiger partial charge in [0.25, 0.3) is 5.91 Å². The predicted octanol–water partition coefficient (Wildman–Crippen LogP) is 3.48. The maximum absolute atomic E-state index is 13.2. The number of carbonyl (C=O) groups is 1. The lowest BCUT2D eigenvalue weighted by molar-refractivity contribution is 0.102. The van der Waals surface area contributed by atoms with E-state index in [-0.39, 0.29) is 10.7 Å². The van der Waals surface area contributed by atoms with Crippen molar-refractivity contribution in [1.29, 1.82) is 0 Å². The third kappa shape index (κ3) is 3.05.